The first kappa shape index (κ1) is 18.0. The number of rotatable bonds is 6. The molecule has 3 rings (SSSR count). The van der Waals surface area contributed by atoms with Gasteiger partial charge in [0.1, 0.15) is 6.61 Å². The number of carbonyl (C=O) groups is 1. The van der Waals surface area contributed by atoms with Crippen molar-refractivity contribution in [2.24, 2.45) is 0 Å². The van der Waals surface area contributed by atoms with Crippen molar-refractivity contribution in [3.05, 3.63) is 54.3 Å². The molecule has 0 spiro atoms. The van der Waals surface area contributed by atoms with Crippen LogP contribution >= 0.6 is 0 Å². The van der Waals surface area contributed by atoms with Crippen molar-refractivity contribution in [3.63, 3.8) is 0 Å². The molecule has 0 bridgehead atoms. The van der Waals surface area contributed by atoms with E-state index in [1.165, 1.54) is 6.07 Å². The van der Waals surface area contributed by atoms with Crippen molar-refractivity contribution in [1.29, 1.82) is 0 Å². The summed E-state index contributed by atoms with van der Waals surface area (Å²) in [4.78, 5) is 14.3. The fourth-order valence-corrected chi connectivity index (χ4v) is 2.71. The predicted molar refractivity (Wildman–Crippen MR) is 98.4 cm³/mol. The number of morpholine rings is 1. The van der Waals surface area contributed by atoms with Gasteiger partial charge in [0.2, 0.25) is 0 Å². The van der Waals surface area contributed by atoms with Gasteiger partial charge in [-0.1, -0.05) is 24.3 Å². The van der Waals surface area contributed by atoms with E-state index in [2.05, 4.69) is 15.5 Å². The average molecular weight is 359 g/mol. The van der Waals surface area contributed by atoms with Crippen LogP contribution in [0.15, 0.2) is 48.5 Å². The minimum absolute atomic E-state index is 0.173. The highest BCUT2D eigenvalue weighted by molar-refractivity contribution is 5.93. The molecule has 138 valence electrons. The molecule has 2 aromatic carbocycles. The highest BCUT2D eigenvalue weighted by Crippen LogP contribution is 2.26. The number of nitrogens with zero attached hydrogens (tertiary/aromatic N) is 1. The van der Waals surface area contributed by atoms with E-state index in [0.29, 0.717) is 13.2 Å². The molecular weight excluding hydrogens is 337 g/mol. The molecule has 6 nitrogen and oxygen atoms in total. The fraction of sp³-hybridized carbons (Fsp3) is 0.316. The number of ether oxygens (including phenoxy) is 2. The van der Waals surface area contributed by atoms with E-state index in [1.807, 2.05) is 24.3 Å². The van der Waals surface area contributed by atoms with Crippen molar-refractivity contribution in [2.75, 3.05) is 49.7 Å². The Bertz CT molecular complexity index is 735. The summed E-state index contributed by atoms with van der Waals surface area (Å²) < 4.78 is 24.1. The monoisotopic (exact) mass is 359 g/mol. The first-order chi connectivity index (χ1) is 12.7. The number of benzene rings is 2. The van der Waals surface area contributed by atoms with Crippen molar-refractivity contribution in [2.45, 2.75) is 0 Å². The minimum Gasteiger partial charge on any atom is -0.489 e. The van der Waals surface area contributed by atoms with Gasteiger partial charge in [-0.2, -0.15) is 0 Å². The smallest absolute Gasteiger partial charge is 0.319 e. The Morgan fingerprint density at radius 1 is 1.12 bits per heavy atom. The Labute approximate surface area is 151 Å². The lowest BCUT2D eigenvalue weighted by Crippen LogP contribution is -2.37. The molecule has 0 saturated carbocycles. The van der Waals surface area contributed by atoms with E-state index in [-0.39, 0.29) is 24.9 Å². The molecule has 0 atom stereocenters. The summed E-state index contributed by atoms with van der Waals surface area (Å²) in [5.41, 5.74) is 1.70. The van der Waals surface area contributed by atoms with E-state index < -0.39 is 5.82 Å². The highest BCUT2D eigenvalue weighted by Gasteiger charge is 2.15. The van der Waals surface area contributed by atoms with Crippen LogP contribution in [0.25, 0.3) is 0 Å². The number of hydrogen-bond donors (Lipinski definition) is 2. The van der Waals surface area contributed by atoms with Gasteiger partial charge in [-0.15, -0.1) is 0 Å². The maximum absolute atomic E-state index is 13.4. The zero-order chi connectivity index (χ0) is 18.2. The molecule has 2 aromatic rings. The number of para-hydroxylation sites is 3. The van der Waals surface area contributed by atoms with Gasteiger partial charge in [0.05, 0.1) is 31.1 Å². The third-order valence-corrected chi connectivity index (χ3v) is 3.99. The summed E-state index contributed by atoms with van der Waals surface area (Å²) in [6, 6.07) is 13.5. The van der Waals surface area contributed by atoms with Crippen LogP contribution in [0, 0.1) is 5.82 Å². The lowest BCUT2D eigenvalue weighted by Gasteiger charge is -2.30. The largest absolute Gasteiger partial charge is 0.489 e. The van der Waals surface area contributed by atoms with Gasteiger partial charge < -0.3 is 25.0 Å². The Balaban J connectivity index is 1.48. The van der Waals surface area contributed by atoms with Crippen LogP contribution in [-0.4, -0.2) is 45.5 Å². The number of carbonyl (C=O) groups excluding carboxylic acids is 1. The molecule has 2 amide bonds. The maximum Gasteiger partial charge on any atom is 0.319 e. The van der Waals surface area contributed by atoms with Crippen LogP contribution in [0.1, 0.15) is 0 Å². The molecule has 1 aliphatic rings. The zero-order valence-corrected chi connectivity index (χ0v) is 14.4. The first-order valence-corrected chi connectivity index (χ1v) is 8.58. The molecule has 26 heavy (non-hydrogen) atoms. The summed E-state index contributed by atoms with van der Waals surface area (Å²) in [6.07, 6.45) is 0. The van der Waals surface area contributed by atoms with Gasteiger partial charge in [-0.25, -0.2) is 9.18 Å². The summed E-state index contributed by atoms with van der Waals surface area (Å²) in [6.45, 7) is 3.37. The molecule has 0 unspecified atom stereocenters. The minimum atomic E-state index is -0.420. The van der Waals surface area contributed by atoms with Crippen molar-refractivity contribution in [1.82, 2.24) is 5.32 Å². The number of urea groups is 1. The number of nitrogens with one attached hydrogen (secondary N) is 2. The Kier molecular flexibility index (Phi) is 6.27. The molecule has 0 aliphatic carbocycles. The topological polar surface area (TPSA) is 62.8 Å². The molecule has 1 heterocycles. The highest BCUT2D eigenvalue weighted by atomic mass is 19.1. The third kappa shape index (κ3) is 4.86. The van der Waals surface area contributed by atoms with Crippen LogP contribution < -0.4 is 20.3 Å². The van der Waals surface area contributed by atoms with Gasteiger partial charge in [0, 0.05) is 13.1 Å². The van der Waals surface area contributed by atoms with Crippen LogP contribution in [-0.2, 0) is 4.74 Å². The van der Waals surface area contributed by atoms with E-state index in [9.17, 15) is 9.18 Å². The summed E-state index contributed by atoms with van der Waals surface area (Å²) in [5, 5.41) is 5.57. The molecule has 1 saturated heterocycles. The normalized spacial score (nSPS) is 14.0. The summed E-state index contributed by atoms with van der Waals surface area (Å²) >= 11 is 0. The Morgan fingerprint density at radius 2 is 1.85 bits per heavy atom. The zero-order valence-electron chi connectivity index (χ0n) is 14.4. The summed E-state index contributed by atoms with van der Waals surface area (Å²) in [5.74, 6) is -0.247. The number of anilines is 2. The van der Waals surface area contributed by atoms with Crippen LogP contribution in [0.3, 0.4) is 0 Å². The second-order valence-corrected chi connectivity index (χ2v) is 5.78. The van der Waals surface area contributed by atoms with Gasteiger partial charge >= 0.3 is 6.03 Å². The van der Waals surface area contributed by atoms with E-state index >= 15 is 0 Å². The number of hydrogen-bond acceptors (Lipinski definition) is 4. The van der Waals surface area contributed by atoms with E-state index in [0.717, 1.165) is 24.5 Å². The second-order valence-electron chi connectivity index (χ2n) is 5.78. The Hall–Kier alpha value is -2.80. The molecule has 1 fully saturated rings. The SMILES string of the molecule is O=C(NCCOc1ccccc1F)Nc1ccccc1N1CCOCC1. The molecule has 1 aliphatic heterocycles. The molecular formula is C19H22FN3O3. The van der Waals surface area contributed by atoms with Crippen LogP contribution in [0.5, 0.6) is 5.75 Å². The van der Waals surface area contributed by atoms with Gasteiger partial charge in [-0.3, -0.25) is 0 Å². The first-order valence-electron chi connectivity index (χ1n) is 8.58. The van der Waals surface area contributed by atoms with Crippen molar-refractivity contribution >= 4 is 17.4 Å². The van der Waals surface area contributed by atoms with Gasteiger partial charge in [0.25, 0.3) is 0 Å². The van der Waals surface area contributed by atoms with E-state index in [1.54, 1.807) is 18.2 Å². The standard InChI is InChI=1S/C19H22FN3O3/c20-15-5-1-4-8-18(15)26-12-9-21-19(24)22-16-6-2-3-7-17(16)23-10-13-25-14-11-23/h1-8H,9-14H2,(H2,21,22,24). The lowest BCUT2D eigenvalue weighted by molar-refractivity contribution is 0.123. The average Bonchev–Trinajstić information content (AvgIpc) is 2.68. The number of halogens is 1. The maximum atomic E-state index is 13.4. The van der Waals surface area contributed by atoms with Crippen LogP contribution in [0.4, 0.5) is 20.6 Å². The van der Waals surface area contributed by atoms with Crippen molar-refractivity contribution < 1.29 is 18.7 Å². The summed E-state index contributed by atoms with van der Waals surface area (Å²) in [7, 11) is 0. The third-order valence-electron chi connectivity index (χ3n) is 3.99. The molecule has 2 N–H and O–H groups in total. The molecule has 0 radical (unpaired) electrons. The van der Waals surface area contributed by atoms with E-state index in [4.69, 9.17) is 9.47 Å². The molecule has 0 aromatic heterocycles. The Morgan fingerprint density at radius 3 is 2.65 bits per heavy atom. The van der Waals surface area contributed by atoms with Crippen LogP contribution in [0.2, 0.25) is 0 Å². The second kappa shape index (κ2) is 9.05. The lowest BCUT2D eigenvalue weighted by atomic mass is 10.2. The predicted octanol–water partition coefficient (Wildman–Crippen LogP) is 2.86. The number of amides is 2. The van der Waals surface area contributed by atoms with Gasteiger partial charge in [0.15, 0.2) is 11.6 Å². The van der Waals surface area contributed by atoms with Gasteiger partial charge in [-0.05, 0) is 24.3 Å². The molecule has 7 heteroatoms. The fourth-order valence-electron chi connectivity index (χ4n) is 2.71. The quantitative estimate of drug-likeness (QED) is 0.779. The van der Waals surface area contributed by atoms with Crippen molar-refractivity contribution in [3.8, 4) is 5.75 Å².